The highest BCUT2D eigenvalue weighted by molar-refractivity contribution is 7.92. The Morgan fingerprint density at radius 3 is 2.17 bits per heavy atom. The second-order valence-corrected chi connectivity index (χ2v) is 11.2. The van der Waals surface area contributed by atoms with Crippen molar-refractivity contribution in [3.8, 4) is 0 Å². The van der Waals surface area contributed by atoms with Crippen molar-refractivity contribution in [3.05, 3.63) is 29.8 Å². The third-order valence-corrected chi connectivity index (χ3v) is 8.74. The van der Waals surface area contributed by atoms with Gasteiger partial charge in [0.05, 0.1) is 27.8 Å². The van der Waals surface area contributed by atoms with Crippen LogP contribution >= 0.6 is 11.6 Å². The van der Waals surface area contributed by atoms with Crippen LogP contribution in [-0.4, -0.2) is 39.8 Å². The van der Waals surface area contributed by atoms with Gasteiger partial charge in [-0.25, -0.2) is 21.6 Å². The van der Waals surface area contributed by atoms with E-state index in [1.807, 2.05) is 12.1 Å². The molecule has 1 aromatic rings. The van der Waals surface area contributed by atoms with Crippen LogP contribution in [0.15, 0.2) is 29.2 Å². The summed E-state index contributed by atoms with van der Waals surface area (Å²) in [4.78, 5) is 0.148. The van der Waals surface area contributed by atoms with Crippen molar-refractivity contribution in [2.45, 2.75) is 54.3 Å². The Bertz CT molecular complexity index is 784. The molecule has 24 heavy (non-hydrogen) atoms. The van der Waals surface area contributed by atoms with E-state index in [-0.39, 0.29) is 16.4 Å². The van der Waals surface area contributed by atoms with Crippen molar-refractivity contribution in [2.75, 3.05) is 11.5 Å². The van der Waals surface area contributed by atoms with Crippen LogP contribution in [0.1, 0.15) is 43.6 Å². The van der Waals surface area contributed by atoms with Gasteiger partial charge in [0.25, 0.3) is 0 Å². The number of hydrogen-bond donors (Lipinski definition) is 1. The standard InChI is InChI=1S/C16H22ClNO4S2/c17-15-10-23(19,20)11-16(15)18-24(21,22)14-8-6-13(7-9-14)12-4-2-1-3-5-12/h6-9,12,15-16,18H,1-5,10-11H2/t15-,16-/m1/s1. The Hall–Kier alpha value is -0.630. The van der Waals surface area contributed by atoms with Gasteiger partial charge in [-0.15, -0.1) is 11.6 Å². The number of sulfonamides is 1. The van der Waals surface area contributed by atoms with Crippen molar-refractivity contribution < 1.29 is 16.8 Å². The minimum Gasteiger partial charge on any atom is -0.229 e. The number of rotatable bonds is 4. The van der Waals surface area contributed by atoms with Crippen molar-refractivity contribution >= 4 is 31.5 Å². The fourth-order valence-electron chi connectivity index (χ4n) is 3.54. The number of nitrogens with one attached hydrogen (secondary N) is 1. The number of hydrogen-bond acceptors (Lipinski definition) is 4. The molecule has 5 nitrogen and oxygen atoms in total. The summed E-state index contributed by atoms with van der Waals surface area (Å²) in [6.07, 6.45) is 6.02. The van der Waals surface area contributed by atoms with E-state index in [2.05, 4.69) is 4.72 Å². The summed E-state index contributed by atoms with van der Waals surface area (Å²) in [6, 6.07) is 6.15. The predicted molar refractivity (Wildman–Crippen MR) is 94.7 cm³/mol. The maximum atomic E-state index is 12.5. The van der Waals surface area contributed by atoms with Gasteiger partial charge in [0.1, 0.15) is 0 Å². The van der Waals surface area contributed by atoms with Crippen LogP contribution < -0.4 is 4.72 Å². The molecule has 134 valence electrons. The van der Waals surface area contributed by atoms with E-state index >= 15 is 0 Å². The molecule has 0 spiro atoms. The Kier molecular flexibility index (Phi) is 5.25. The summed E-state index contributed by atoms with van der Waals surface area (Å²) in [6.45, 7) is 0. The smallest absolute Gasteiger partial charge is 0.229 e. The molecule has 0 amide bonds. The highest BCUT2D eigenvalue weighted by Gasteiger charge is 2.38. The maximum absolute atomic E-state index is 12.5. The van der Waals surface area contributed by atoms with E-state index in [0.717, 1.165) is 12.8 Å². The monoisotopic (exact) mass is 391 g/mol. The Balaban J connectivity index is 1.73. The van der Waals surface area contributed by atoms with Gasteiger partial charge in [0.15, 0.2) is 9.84 Å². The van der Waals surface area contributed by atoms with Gasteiger partial charge in [0, 0.05) is 0 Å². The Labute approximate surface area is 148 Å². The fourth-order valence-corrected chi connectivity index (χ4v) is 7.54. The molecule has 3 rings (SSSR count). The average Bonchev–Trinajstić information content (AvgIpc) is 2.79. The van der Waals surface area contributed by atoms with Crippen LogP contribution in [0.3, 0.4) is 0 Å². The van der Waals surface area contributed by atoms with E-state index in [9.17, 15) is 16.8 Å². The molecule has 8 heteroatoms. The first-order chi connectivity index (χ1) is 11.3. The van der Waals surface area contributed by atoms with Gasteiger partial charge in [-0.05, 0) is 36.5 Å². The first-order valence-electron chi connectivity index (χ1n) is 8.24. The van der Waals surface area contributed by atoms with Crippen LogP contribution in [0.25, 0.3) is 0 Å². The third kappa shape index (κ3) is 4.12. The number of sulfone groups is 1. The van der Waals surface area contributed by atoms with Gasteiger partial charge >= 0.3 is 0 Å². The zero-order valence-corrected chi connectivity index (χ0v) is 15.7. The fraction of sp³-hybridized carbons (Fsp3) is 0.625. The predicted octanol–water partition coefficient (Wildman–Crippen LogP) is 2.42. The molecule has 0 aromatic heterocycles. The first kappa shape index (κ1) is 18.2. The lowest BCUT2D eigenvalue weighted by Crippen LogP contribution is -2.40. The van der Waals surface area contributed by atoms with Gasteiger partial charge in [-0.1, -0.05) is 31.4 Å². The lowest BCUT2D eigenvalue weighted by Gasteiger charge is -2.22. The minimum absolute atomic E-state index is 0.148. The maximum Gasteiger partial charge on any atom is 0.240 e. The lowest BCUT2D eigenvalue weighted by molar-refractivity contribution is 0.443. The van der Waals surface area contributed by atoms with Crippen LogP contribution in [0.5, 0.6) is 0 Å². The molecule has 1 heterocycles. The van der Waals surface area contributed by atoms with Crippen molar-refractivity contribution in [1.29, 1.82) is 0 Å². The summed E-state index contributed by atoms with van der Waals surface area (Å²) >= 11 is 5.98. The SMILES string of the molecule is O=S1(=O)C[C@@H](Cl)[C@H](NS(=O)(=O)c2ccc(C3CCCCC3)cc2)C1. The summed E-state index contributed by atoms with van der Waals surface area (Å²) in [5.41, 5.74) is 1.17. The average molecular weight is 392 g/mol. The normalized spacial score (nSPS) is 28.0. The van der Waals surface area contributed by atoms with Gasteiger partial charge in [0.2, 0.25) is 10.0 Å². The molecule has 2 fully saturated rings. The van der Waals surface area contributed by atoms with Gasteiger partial charge in [-0.2, -0.15) is 0 Å². The molecule has 0 unspecified atom stereocenters. The highest BCUT2D eigenvalue weighted by atomic mass is 35.5. The van der Waals surface area contributed by atoms with Crippen LogP contribution in [-0.2, 0) is 19.9 Å². The Morgan fingerprint density at radius 2 is 1.62 bits per heavy atom. The van der Waals surface area contributed by atoms with E-state index in [0.29, 0.717) is 5.92 Å². The third-order valence-electron chi connectivity index (χ3n) is 4.86. The van der Waals surface area contributed by atoms with Crippen LogP contribution in [0.4, 0.5) is 0 Å². The quantitative estimate of drug-likeness (QED) is 0.799. The molecule has 1 saturated carbocycles. The molecule has 0 radical (unpaired) electrons. The summed E-state index contributed by atoms with van der Waals surface area (Å²) in [7, 11) is -7.05. The van der Waals surface area contributed by atoms with Gasteiger partial charge in [-0.3, -0.25) is 0 Å². The number of alkyl halides is 1. The second-order valence-electron chi connectivity index (χ2n) is 6.72. The molecule has 2 atom stereocenters. The second kappa shape index (κ2) is 6.94. The molecule has 1 aliphatic heterocycles. The molecule has 0 bridgehead atoms. The van der Waals surface area contributed by atoms with Gasteiger partial charge < -0.3 is 0 Å². The van der Waals surface area contributed by atoms with Crippen LogP contribution in [0, 0.1) is 0 Å². The zero-order chi connectivity index (χ0) is 17.4. The summed E-state index contributed by atoms with van der Waals surface area (Å²) in [5, 5.41) is -0.730. The first-order valence-corrected chi connectivity index (χ1v) is 12.0. The molecular formula is C16H22ClNO4S2. The zero-order valence-electron chi connectivity index (χ0n) is 13.3. The Morgan fingerprint density at radius 1 is 1.00 bits per heavy atom. The molecule has 1 aliphatic carbocycles. The van der Waals surface area contributed by atoms with Crippen molar-refractivity contribution in [3.63, 3.8) is 0 Å². The largest absolute Gasteiger partial charge is 0.240 e. The molecule has 2 aliphatic rings. The van der Waals surface area contributed by atoms with Crippen LogP contribution in [0.2, 0.25) is 0 Å². The highest BCUT2D eigenvalue weighted by Crippen LogP contribution is 2.33. The van der Waals surface area contributed by atoms with E-state index in [1.54, 1.807) is 12.1 Å². The molecular weight excluding hydrogens is 370 g/mol. The molecule has 1 aromatic carbocycles. The lowest BCUT2D eigenvalue weighted by atomic mass is 9.84. The summed E-state index contributed by atoms with van der Waals surface area (Å²) < 4.78 is 50.5. The topological polar surface area (TPSA) is 80.3 Å². The van der Waals surface area contributed by atoms with E-state index in [4.69, 9.17) is 11.6 Å². The van der Waals surface area contributed by atoms with E-state index < -0.39 is 31.3 Å². The number of benzene rings is 1. The van der Waals surface area contributed by atoms with Crippen molar-refractivity contribution in [1.82, 2.24) is 4.72 Å². The van der Waals surface area contributed by atoms with E-state index in [1.165, 1.54) is 24.8 Å². The van der Waals surface area contributed by atoms with Crippen molar-refractivity contribution in [2.24, 2.45) is 0 Å². The summed E-state index contributed by atoms with van der Waals surface area (Å²) in [5.74, 6) is 0.0683. The molecule has 1 saturated heterocycles. The number of halogens is 1. The molecule has 1 N–H and O–H groups in total. The minimum atomic E-state index is -3.77.